The maximum Gasteiger partial charge on any atom is 0.249 e. The molecule has 1 aromatic carbocycles. The third-order valence-electron chi connectivity index (χ3n) is 2.84. The summed E-state index contributed by atoms with van der Waals surface area (Å²) in [6.45, 7) is 0. The zero-order valence-electron chi connectivity index (χ0n) is 11.7. The Bertz CT molecular complexity index is 708. The number of nitrogens with zero attached hydrogens (tertiary/aromatic N) is 3. The molecular weight excluding hydrogens is 268 g/mol. The predicted octanol–water partition coefficient (Wildman–Crippen LogP) is 1.95. The summed E-state index contributed by atoms with van der Waals surface area (Å²) in [5.41, 5.74) is 1.19. The van der Waals surface area contributed by atoms with Gasteiger partial charge in [-0.2, -0.15) is 10.4 Å². The fourth-order valence-electron chi connectivity index (χ4n) is 1.71. The van der Waals surface area contributed by atoms with E-state index in [9.17, 15) is 4.79 Å². The summed E-state index contributed by atoms with van der Waals surface area (Å²) < 4.78 is 6.50. The first-order chi connectivity index (χ1) is 10.1. The molecule has 0 saturated carbocycles. The molecule has 1 N–H and O–H groups in total. The lowest BCUT2D eigenvalue weighted by molar-refractivity contribution is -0.111. The number of aryl methyl sites for hydroxylation is 1. The van der Waals surface area contributed by atoms with Gasteiger partial charge in [0.05, 0.1) is 13.3 Å². The molecule has 0 radical (unpaired) electrons. The van der Waals surface area contributed by atoms with Crippen molar-refractivity contribution in [3.63, 3.8) is 0 Å². The minimum absolute atomic E-state index is 0.323. The third kappa shape index (κ3) is 3.48. The van der Waals surface area contributed by atoms with E-state index in [4.69, 9.17) is 10.00 Å². The maximum absolute atomic E-state index is 11.9. The van der Waals surface area contributed by atoms with E-state index in [0.717, 1.165) is 11.3 Å². The smallest absolute Gasteiger partial charge is 0.249 e. The molecule has 0 saturated heterocycles. The second-order valence-electron chi connectivity index (χ2n) is 4.24. The summed E-state index contributed by atoms with van der Waals surface area (Å²) in [5, 5.41) is 15.5. The highest BCUT2D eigenvalue weighted by atomic mass is 16.5. The highest BCUT2D eigenvalue weighted by Crippen LogP contribution is 2.14. The Morgan fingerprint density at radius 2 is 2.14 bits per heavy atom. The second-order valence-corrected chi connectivity index (χ2v) is 4.24. The van der Waals surface area contributed by atoms with Gasteiger partial charge in [-0.15, -0.1) is 0 Å². The Labute approximate surface area is 122 Å². The monoisotopic (exact) mass is 282 g/mol. The molecule has 0 spiro atoms. The molecule has 1 heterocycles. The topological polar surface area (TPSA) is 79.9 Å². The van der Waals surface area contributed by atoms with Crippen molar-refractivity contribution in [3.05, 3.63) is 47.7 Å². The molecule has 6 heteroatoms. The molecule has 0 aliphatic heterocycles. The fraction of sp³-hybridized carbons (Fsp3) is 0.133. The number of carbonyl (C=O) groups is 1. The van der Waals surface area contributed by atoms with Gasteiger partial charge in [0.25, 0.3) is 0 Å². The van der Waals surface area contributed by atoms with E-state index in [1.54, 1.807) is 20.2 Å². The molecular formula is C15H14N4O2. The van der Waals surface area contributed by atoms with Crippen LogP contribution in [-0.4, -0.2) is 22.8 Å². The number of nitriles is 1. The van der Waals surface area contributed by atoms with Crippen LogP contribution in [0.2, 0.25) is 0 Å². The van der Waals surface area contributed by atoms with Gasteiger partial charge in [0.2, 0.25) is 5.91 Å². The fourth-order valence-corrected chi connectivity index (χ4v) is 1.71. The minimum atomic E-state index is -0.328. The largest absolute Gasteiger partial charge is 0.497 e. The van der Waals surface area contributed by atoms with E-state index in [1.807, 2.05) is 30.3 Å². The van der Waals surface area contributed by atoms with Crippen LogP contribution in [-0.2, 0) is 11.8 Å². The first kappa shape index (κ1) is 14.3. The first-order valence-electron chi connectivity index (χ1n) is 6.19. The van der Waals surface area contributed by atoms with Crippen LogP contribution in [0.4, 0.5) is 5.82 Å². The summed E-state index contributed by atoms with van der Waals surface area (Å²) in [4.78, 5) is 11.9. The zero-order chi connectivity index (χ0) is 15.2. The minimum Gasteiger partial charge on any atom is -0.497 e. The van der Waals surface area contributed by atoms with Crippen LogP contribution in [0.25, 0.3) is 6.08 Å². The molecule has 0 atom stereocenters. The molecule has 2 aromatic rings. The van der Waals surface area contributed by atoms with Crippen molar-refractivity contribution >= 4 is 17.8 Å². The maximum atomic E-state index is 11.9. The molecule has 21 heavy (non-hydrogen) atoms. The summed E-state index contributed by atoms with van der Waals surface area (Å²) in [6, 6.07) is 9.28. The van der Waals surface area contributed by atoms with Crippen LogP contribution in [0.3, 0.4) is 0 Å². The van der Waals surface area contributed by atoms with Crippen LogP contribution in [0.15, 0.2) is 36.5 Å². The van der Waals surface area contributed by atoms with E-state index in [2.05, 4.69) is 10.4 Å². The normalized spacial score (nSPS) is 10.3. The van der Waals surface area contributed by atoms with Gasteiger partial charge in [-0.1, -0.05) is 12.1 Å². The number of benzene rings is 1. The number of amides is 1. The van der Waals surface area contributed by atoms with Crippen LogP contribution >= 0.6 is 0 Å². The van der Waals surface area contributed by atoms with Crippen molar-refractivity contribution < 1.29 is 9.53 Å². The van der Waals surface area contributed by atoms with Crippen LogP contribution < -0.4 is 10.1 Å². The number of ether oxygens (including phenoxy) is 1. The molecule has 0 fully saturated rings. The lowest BCUT2D eigenvalue weighted by Gasteiger charge is -2.03. The van der Waals surface area contributed by atoms with Crippen molar-refractivity contribution in [2.45, 2.75) is 0 Å². The molecule has 0 bridgehead atoms. The molecule has 0 aliphatic carbocycles. The molecule has 0 aliphatic rings. The van der Waals surface area contributed by atoms with Gasteiger partial charge in [0.1, 0.15) is 23.2 Å². The Balaban J connectivity index is 2.05. The number of hydrogen-bond donors (Lipinski definition) is 1. The molecule has 2 rings (SSSR count). The number of aromatic nitrogens is 2. The van der Waals surface area contributed by atoms with E-state index in [0.29, 0.717) is 11.4 Å². The molecule has 6 nitrogen and oxygen atoms in total. The van der Waals surface area contributed by atoms with Crippen molar-refractivity contribution in [2.75, 3.05) is 12.4 Å². The first-order valence-corrected chi connectivity index (χ1v) is 6.19. The lowest BCUT2D eigenvalue weighted by atomic mass is 10.2. The van der Waals surface area contributed by atoms with Gasteiger partial charge in [-0.3, -0.25) is 9.48 Å². The van der Waals surface area contributed by atoms with Crippen molar-refractivity contribution in [3.8, 4) is 11.8 Å². The summed E-state index contributed by atoms with van der Waals surface area (Å²) in [5.74, 6) is 0.804. The van der Waals surface area contributed by atoms with Crippen LogP contribution in [0.5, 0.6) is 5.75 Å². The number of carbonyl (C=O) groups excluding carboxylic acids is 1. The van der Waals surface area contributed by atoms with Gasteiger partial charge in [0, 0.05) is 13.1 Å². The van der Waals surface area contributed by atoms with Crippen molar-refractivity contribution in [1.82, 2.24) is 9.78 Å². The average molecular weight is 282 g/mol. The van der Waals surface area contributed by atoms with Crippen LogP contribution in [0, 0.1) is 11.3 Å². The zero-order valence-corrected chi connectivity index (χ0v) is 11.7. The number of hydrogen-bond acceptors (Lipinski definition) is 4. The molecule has 106 valence electrons. The summed E-state index contributed by atoms with van der Waals surface area (Å²) in [7, 11) is 3.25. The van der Waals surface area contributed by atoms with Crippen molar-refractivity contribution in [2.24, 2.45) is 7.05 Å². The second kappa shape index (κ2) is 6.39. The Morgan fingerprint density at radius 1 is 1.43 bits per heavy atom. The summed E-state index contributed by atoms with van der Waals surface area (Å²) >= 11 is 0. The molecule has 1 amide bonds. The molecule has 1 aromatic heterocycles. The number of anilines is 1. The molecule has 0 unspecified atom stereocenters. The standard InChI is InChI=1S/C15H14N4O2/c1-19-15(12(9-16)10-17-19)18-14(20)8-5-11-3-6-13(21-2)7-4-11/h3-8,10H,1-2H3,(H,18,20)/b8-5+. The van der Waals surface area contributed by atoms with E-state index in [-0.39, 0.29) is 5.91 Å². The van der Waals surface area contributed by atoms with E-state index < -0.39 is 0 Å². The average Bonchev–Trinajstić information content (AvgIpc) is 2.86. The Kier molecular flexibility index (Phi) is 4.36. The Hall–Kier alpha value is -3.07. The van der Waals surface area contributed by atoms with Gasteiger partial charge in [0.15, 0.2) is 0 Å². The number of methoxy groups -OCH3 is 1. The lowest BCUT2D eigenvalue weighted by Crippen LogP contribution is -2.12. The van der Waals surface area contributed by atoms with Gasteiger partial charge < -0.3 is 10.1 Å². The quantitative estimate of drug-likeness (QED) is 0.869. The van der Waals surface area contributed by atoms with Crippen LogP contribution in [0.1, 0.15) is 11.1 Å². The van der Waals surface area contributed by atoms with Crippen molar-refractivity contribution in [1.29, 1.82) is 5.26 Å². The van der Waals surface area contributed by atoms with Gasteiger partial charge in [-0.05, 0) is 23.8 Å². The number of rotatable bonds is 4. The third-order valence-corrected chi connectivity index (χ3v) is 2.84. The van der Waals surface area contributed by atoms with E-state index in [1.165, 1.54) is 17.0 Å². The Morgan fingerprint density at radius 3 is 2.76 bits per heavy atom. The van der Waals surface area contributed by atoms with E-state index >= 15 is 0 Å². The van der Waals surface area contributed by atoms with Gasteiger partial charge in [-0.25, -0.2) is 0 Å². The predicted molar refractivity (Wildman–Crippen MR) is 78.6 cm³/mol. The van der Waals surface area contributed by atoms with Gasteiger partial charge >= 0.3 is 0 Å². The highest BCUT2D eigenvalue weighted by Gasteiger charge is 2.09. The summed E-state index contributed by atoms with van der Waals surface area (Å²) in [6.07, 6.45) is 4.48. The SMILES string of the molecule is COc1ccc(/C=C/C(=O)Nc2c(C#N)cnn2C)cc1. The number of nitrogens with one attached hydrogen (secondary N) is 1. The highest BCUT2D eigenvalue weighted by molar-refractivity contribution is 6.02.